The van der Waals surface area contributed by atoms with Crippen molar-refractivity contribution in [3.63, 3.8) is 0 Å². The summed E-state index contributed by atoms with van der Waals surface area (Å²) in [5.41, 5.74) is 6.96. The highest BCUT2D eigenvalue weighted by molar-refractivity contribution is 7.92. The van der Waals surface area contributed by atoms with Crippen LogP contribution < -0.4 is 10.5 Å². The van der Waals surface area contributed by atoms with E-state index in [9.17, 15) is 12.8 Å². The summed E-state index contributed by atoms with van der Waals surface area (Å²) in [5, 5.41) is 0. The van der Waals surface area contributed by atoms with Crippen LogP contribution in [0.4, 0.5) is 10.1 Å². The Hall–Kier alpha value is -1.92. The number of benzene rings is 2. The number of rotatable bonds is 6. The van der Waals surface area contributed by atoms with E-state index in [0.29, 0.717) is 12.2 Å². The molecule has 21 heavy (non-hydrogen) atoms. The van der Waals surface area contributed by atoms with E-state index < -0.39 is 15.8 Å². The highest BCUT2D eigenvalue weighted by atomic mass is 32.2. The van der Waals surface area contributed by atoms with Crippen LogP contribution in [0, 0.1) is 5.82 Å². The van der Waals surface area contributed by atoms with Gasteiger partial charge >= 0.3 is 0 Å². The summed E-state index contributed by atoms with van der Waals surface area (Å²) in [6.07, 6.45) is 1.64. The van der Waals surface area contributed by atoms with Crippen molar-refractivity contribution < 1.29 is 12.8 Å². The van der Waals surface area contributed by atoms with Crippen molar-refractivity contribution in [3.8, 4) is 0 Å². The highest BCUT2D eigenvalue weighted by Gasteiger charge is 2.14. The topological polar surface area (TPSA) is 72.2 Å². The lowest BCUT2D eigenvalue weighted by molar-refractivity contribution is 0.599. The molecule has 0 amide bonds. The van der Waals surface area contributed by atoms with Crippen LogP contribution in [-0.2, 0) is 16.4 Å². The molecule has 0 aliphatic carbocycles. The summed E-state index contributed by atoms with van der Waals surface area (Å²) in [4.78, 5) is 0.0243. The first-order chi connectivity index (χ1) is 10.0. The van der Waals surface area contributed by atoms with E-state index in [1.807, 2.05) is 6.07 Å². The first-order valence-corrected chi connectivity index (χ1v) is 8.07. The first-order valence-electron chi connectivity index (χ1n) is 6.59. The molecule has 0 fully saturated rings. The average Bonchev–Trinajstić information content (AvgIpc) is 2.45. The lowest BCUT2D eigenvalue weighted by atomic mass is 10.1. The van der Waals surface area contributed by atoms with Gasteiger partial charge in [-0.25, -0.2) is 12.8 Å². The van der Waals surface area contributed by atoms with Gasteiger partial charge < -0.3 is 5.73 Å². The van der Waals surface area contributed by atoms with Crippen molar-refractivity contribution in [2.75, 3.05) is 11.3 Å². The SMILES string of the molecule is NCCCc1cccc(NS(=O)(=O)c2ccc(F)cc2)c1. The number of hydrogen-bond donors (Lipinski definition) is 2. The third-order valence-electron chi connectivity index (χ3n) is 2.97. The van der Waals surface area contributed by atoms with Gasteiger partial charge in [-0.2, -0.15) is 0 Å². The molecule has 0 saturated heterocycles. The van der Waals surface area contributed by atoms with Gasteiger partial charge in [0.2, 0.25) is 0 Å². The van der Waals surface area contributed by atoms with E-state index in [4.69, 9.17) is 5.73 Å². The molecule has 0 aromatic heterocycles. The molecule has 0 aliphatic heterocycles. The molecule has 4 nitrogen and oxygen atoms in total. The minimum atomic E-state index is -3.71. The lowest BCUT2D eigenvalue weighted by Gasteiger charge is -2.09. The normalized spacial score (nSPS) is 11.3. The fraction of sp³-hybridized carbons (Fsp3) is 0.200. The monoisotopic (exact) mass is 308 g/mol. The first kappa shape index (κ1) is 15.5. The summed E-state index contributed by atoms with van der Waals surface area (Å²) >= 11 is 0. The number of halogens is 1. The Morgan fingerprint density at radius 1 is 1.10 bits per heavy atom. The van der Waals surface area contributed by atoms with Crippen LogP contribution >= 0.6 is 0 Å². The summed E-state index contributed by atoms with van der Waals surface area (Å²) in [6.45, 7) is 0.589. The predicted octanol–water partition coefficient (Wildman–Crippen LogP) is 2.52. The number of nitrogens with one attached hydrogen (secondary N) is 1. The molecule has 0 aliphatic rings. The molecule has 0 saturated carbocycles. The van der Waals surface area contributed by atoms with Crippen molar-refractivity contribution in [3.05, 3.63) is 59.9 Å². The maximum atomic E-state index is 12.8. The maximum Gasteiger partial charge on any atom is 0.261 e. The zero-order valence-corrected chi connectivity index (χ0v) is 12.2. The van der Waals surface area contributed by atoms with E-state index in [0.717, 1.165) is 30.5 Å². The zero-order valence-electron chi connectivity index (χ0n) is 11.4. The van der Waals surface area contributed by atoms with Gasteiger partial charge in [-0.15, -0.1) is 0 Å². The fourth-order valence-electron chi connectivity index (χ4n) is 1.92. The smallest absolute Gasteiger partial charge is 0.261 e. The average molecular weight is 308 g/mol. The number of anilines is 1. The number of sulfonamides is 1. The molecule has 0 spiro atoms. The molecule has 3 N–H and O–H groups in total. The van der Waals surface area contributed by atoms with Crippen LogP contribution in [0.3, 0.4) is 0 Å². The van der Waals surface area contributed by atoms with E-state index in [2.05, 4.69) is 4.72 Å². The Morgan fingerprint density at radius 3 is 2.48 bits per heavy atom. The molecule has 2 aromatic carbocycles. The molecule has 0 heterocycles. The molecular formula is C15H17FN2O2S. The van der Waals surface area contributed by atoms with Crippen LogP contribution in [0.15, 0.2) is 53.4 Å². The van der Waals surface area contributed by atoms with Crippen molar-refractivity contribution in [1.29, 1.82) is 0 Å². The zero-order chi connectivity index (χ0) is 15.3. The number of aryl methyl sites for hydroxylation is 1. The Labute approximate surface area is 123 Å². The number of hydrogen-bond acceptors (Lipinski definition) is 3. The molecular weight excluding hydrogens is 291 g/mol. The molecule has 2 aromatic rings. The van der Waals surface area contributed by atoms with E-state index in [-0.39, 0.29) is 4.90 Å². The largest absolute Gasteiger partial charge is 0.330 e. The summed E-state index contributed by atoms with van der Waals surface area (Å²) in [5.74, 6) is -0.474. The highest BCUT2D eigenvalue weighted by Crippen LogP contribution is 2.18. The minimum absolute atomic E-state index is 0.0243. The van der Waals surface area contributed by atoms with Gasteiger partial charge in [-0.3, -0.25) is 4.72 Å². The van der Waals surface area contributed by atoms with Crippen LogP contribution in [-0.4, -0.2) is 15.0 Å². The van der Waals surface area contributed by atoms with Gasteiger partial charge in [0.1, 0.15) is 5.82 Å². The van der Waals surface area contributed by atoms with Crippen molar-refractivity contribution in [1.82, 2.24) is 0 Å². The third-order valence-corrected chi connectivity index (χ3v) is 4.37. The van der Waals surface area contributed by atoms with Gasteiger partial charge in [0.15, 0.2) is 0 Å². The Balaban J connectivity index is 2.18. The van der Waals surface area contributed by atoms with Crippen molar-refractivity contribution in [2.24, 2.45) is 5.73 Å². The standard InChI is InChI=1S/C15H17FN2O2S/c16-13-6-8-15(9-7-13)21(19,20)18-14-5-1-3-12(11-14)4-2-10-17/h1,3,5-9,11,18H,2,4,10,17H2. The quantitative estimate of drug-likeness (QED) is 0.861. The fourth-order valence-corrected chi connectivity index (χ4v) is 2.97. The second-order valence-corrected chi connectivity index (χ2v) is 6.33. The molecule has 112 valence electrons. The Bertz CT molecular complexity index is 700. The van der Waals surface area contributed by atoms with Crippen LogP contribution in [0.1, 0.15) is 12.0 Å². The molecule has 0 atom stereocenters. The molecule has 2 rings (SSSR count). The van der Waals surface area contributed by atoms with Crippen LogP contribution in [0.25, 0.3) is 0 Å². The summed E-state index contributed by atoms with van der Waals surface area (Å²) in [7, 11) is -3.71. The van der Waals surface area contributed by atoms with Gasteiger partial charge in [0.05, 0.1) is 4.90 Å². The van der Waals surface area contributed by atoms with Crippen molar-refractivity contribution >= 4 is 15.7 Å². The summed E-state index contributed by atoms with van der Waals surface area (Å²) < 4.78 is 39.7. The lowest BCUT2D eigenvalue weighted by Crippen LogP contribution is -2.13. The molecule has 6 heteroatoms. The van der Waals surface area contributed by atoms with Gasteiger partial charge in [0.25, 0.3) is 10.0 Å². The number of nitrogens with two attached hydrogens (primary N) is 1. The Kier molecular flexibility index (Phi) is 4.93. The summed E-state index contributed by atoms with van der Waals surface area (Å²) in [6, 6.07) is 11.9. The second-order valence-electron chi connectivity index (χ2n) is 4.65. The van der Waals surface area contributed by atoms with Crippen LogP contribution in [0.2, 0.25) is 0 Å². The third kappa shape index (κ3) is 4.27. The van der Waals surface area contributed by atoms with E-state index in [1.165, 1.54) is 12.1 Å². The molecule has 0 bridgehead atoms. The Morgan fingerprint density at radius 2 is 1.81 bits per heavy atom. The maximum absolute atomic E-state index is 12.8. The van der Waals surface area contributed by atoms with Crippen LogP contribution in [0.5, 0.6) is 0 Å². The molecule has 0 radical (unpaired) electrons. The predicted molar refractivity (Wildman–Crippen MR) is 81.0 cm³/mol. The molecule has 0 unspecified atom stereocenters. The van der Waals surface area contributed by atoms with Gasteiger partial charge in [0, 0.05) is 5.69 Å². The van der Waals surface area contributed by atoms with Gasteiger partial charge in [-0.1, -0.05) is 12.1 Å². The minimum Gasteiger partial charge on any atom is -0.330 e. The van der Waals surface area contributed by atoms with Gasteiger partial charge in [-0.05, 0) is 61.3 Å². The second kappa shape index (κ2) is 6.69. The van der Waals surface area contributed by atoms with Crippen molar-refractivity contribution in [2.45, 2.75) is 17.7 Å². The van der Waals surface area contributed by atoms with E-state index in [1.54, 1.807) is 18.2 Å². The van der Waals surface area contributed by atoms with E-state index >= 15 is 0 Å².